The highest BCUT2D eigenvalue weighted by Crippen LogP contribution is 2.24. The van der Waals surface area contributed by atoms with Crippen LogP contribution >= 0.6 is 0 Å². The average Bonchev–Trinajstić information content (AvgIpc) is 2.37. The Morgan fingerprint density at radius 3 is 2.26 bits per heavy atom. The average molecular weight is 256 g/mol. The molecule has 4 heteroatoms. The molecule has 0 unspecified atom stereocenters. The predicted octanol–water partition coefficient (Wildman–Crippen LogP) is 2.29. The summed E-state index contributed by atoms with van der Waals surface area (Å²) >= 11 is 0. The Labute approximate surface area is 112 Å². The molecule has 0 spiro atoms. The van der Waals surface area contributed by atoms with Gasteiger partial charge >= 0.3 is 0 Å². The van der Waals surface area contributed by atoms with E-state index in [1.807, 2.05) is 31.2 Å². The van der Waals surface area contributed by atoms with E-state index in [1.165, 1.54) is 0 Å². The van der Waals surface area contributed by atoms with Crippen molar-refractivity contribution in [2.24, 2.45) is 0 Å². The van der Waals surface area contributed by atoms with Crippen LogP contribution in [-0.2, 0) is 11.2 Å². The number of rotatable bonds is 4. The summed E-state index contributed by atoms with van der Waals surface area (Å²) in [7, 11) is 0. The summed E-state index contributed by atoms with van der Waals surface area (Å²) in [4.78, 5) is 10.3. The van der Waals surface area contributed by atoms with Crippen LogP contribution in [0.5, 0.6) is 5.75 Å². The smallest absolute Gasteiger partial charge is 0.298 e. The van der Waals surface area contributed by atoms with E-state index in [1.54, 1.807) is 12.1 Å². The van der Waals surface area contributed by atoms with Gasteiger partial charge in [0, 0.05) is 5.69 Å². The molecule has 4 N–H and O–H groups in total. The minimum Gasteiger partial charge on any atom is -0.427 e. The van der Waals surface area contributed by atoms with Crippen LogP contribution in [0.4, 0.5) is 11.4 Å². The van der Waals surface area contributed by atoms with Gasteiger partial charge in [0.1, 0.15) is 0 Å². The van der Waals surface area contributed by atoms with Crippen LogP contribution in [0.3, 0.4) is 0 Å². The van der Waals surface area contributed by atoms with Crippen molar-refractivity contribution in [3.8, 4) is 5.75 Å². The van der Waals surface area contributed by atoms with E-state index in [0.717, 1.165) is 28.8 Å². The molecule has 0 radical (unpaired) electrons. The van der Waals surface area contributed by atoms with Gasteiger partial charge in [0.15, 0.2) is 5.75 Å². The first-order chi connectivity index (χ1) is 9.10. The summed E-state index contributed by atoms with van der Waals surface area (Å²) in [5, 5.41) is 0. The van der Waals surface area contributed by atoms with E-state index in [0.29, 0.717) is 17.9 Å². The molecule has 0 atom stereocenters. The molecular weight excluding hydrogens is 240 g/mol. The highest BCUT2D eigenvalue weighted by molar-refractivity contribution is 5.60. The number of carbonyl (C=O) groups is 1. The lowest BCUT2D eigenvalue weighted by atomic mass is 10.0. The van der Waals surface area contributed by atoms with Crippen LogP contribution in [0, 0.1) is 6.92 Å². The first kappa shape index (κ1) is 13.0. The van der Waals surface area contributed by atoms with Crippen molar-refractivity contribution in [3.05, 3.63) is 53.1 Å². The Balaban J connectivity index is 2.21. The highest BCUT2D eigenvalue weighted by atomic mass is 16.5. The van der Waals surface area contributed by atoms with Crippen LogP contribution < -0.4 is 16.2 Å². The number of anilines is 2. The summed E-state index contributed by atoms with van der Waals surface area (Å²) < 4.78 is 4.75. The Kier molecular flexibility index (Phi) is 3.71. The highest BCUT2D eigenvalue weighted by Gasteiger charge is 2.04. The van der Waals surface area contributed by atoms with Crippen LogP contribution in [0.15, 0.2) is 36.4 Å². The summed E-state index contributed by atoms with van der Waals surface area (Å²) in [5.41, 5.74) is 16.1. The van der Waals surface area contributed by atoms with Crippen molar-refractivity contribution in [1.82, 2.24) is 0 Å². The minimum absolute atomic E-state index is 0.367. The maximum Gasteiger partial charge on any atom is 0.298 e. The Morgan fingerprint density at radius 2 is 1.68 bits per heavy atom. The zero-order chi connectivity index (χ0) is 13.8. The zero-order valence-corrected chi connectivity index (χ0v) is 10.7. The van der Waals surface area contributed by atoms with Crippen molar-refractivity contribution in [2.75, 3.05) is 11.5 Å². The van der Waals surface area contributed by atoms with Crippen molar-refractivity contribution in [2.45, 2.75) is 13.3 Å². The summed E-state index contributed by atoms with van der Waals surface area (Å²) in [6, 6.07) is 11.4. The van der Waals surface area contributed by atoms with Crippen LogP contribution in [0.25, 0.3) is 0 Å². The topological polar surface area (TPSA) is 78.3 Å². The fourth-order valence-electron chi connectivity index (χ4n) is 1.90. The number of aryl methyl sites for hydroxylation is 1. The van der Waals surface area contributed by atoms with Gasteiger partial charge in [0.25, 0.3) is 6.47 Å². The van der Waals surface area contributed by atoms with E-state index in [-0.39, 0.29) is 0 Å². The van der Waals surface area contributed by atoms with E-state index < -0.39 is 0 Å². The molecular formula is C15H16N2O2. The third kappa shape index (κ3) is 3.04. The van der Waals surface area contributed by atoms with E-state index in [2.05, 4.69) is 0 Å². The minimum atomic E-state index is 0.367. The molecule has 4 nitrogen and oxygen atoms in total. The molecule has 2 rings (SSSR count). The molecule has 98 valence electrons. The molecule has 2 aromatic carbocycles. The fourth-order valence-corrected chi connectivity index (χ4v) is 1.90. The number of carbonyl (C=O) groups excluding carboxylic acids is 1. The van der Waals surface area contributed by atoms with Crippen molar-refractivity contribution in [1.29, 1.82) is 0 Å². The Morgan fingerprint density at radius 1 is 1.05 bits per heavy atom. The summed E-state index contributed by atoms with van der Waals surface area (Å²) in [5.74, 6) is 0.377. The summed E-state index contributed by atoms with van der Waals surface area (Å²) in [6.07, 6.45) is 0.732. The maximum atomic E-state index is 10.3. The maximum absolute atomic E-state index is 10.3. The number of ether oxygens (including phenoxy) is 1. The van der Waals surface area contributed by atoms with E-state index in [4.69, 9.17) is 16.2 Å². The van der Waals surface area contributed by atoms with Gasteiger partial charge < -0.3 is 16.2 Å². The number of nitrogens with two attached hydrogens (primary N) is 2. The number of hydrogen-bond acceptors (Lipinski definition) is 4. The van der Waals surface area contributed by atoms with Crippen molar-refractivity contribution < 1.29 is 9.53 Å². The van der Waals surface area contributed by atoms with Gasteiger partial charge in [-0.3, -0.25) is 4.79 Å². The number of benzene rings is 2. The van der Waals surface area contributed by atoms with Crippen LogP contribution in [0.2, 0.25) is 0 Å². The Hall–Kier alpha value is -2.49. The molecule has 0 aliphatic carbocycles. The third-order valence-electron chi connectivity index (χ3n) is 3.00. The van der Waals surface area contributed by atoms with Crippen molar-refractivity contribution >= 4 is 17.8 Å². The standard InChI is InChI=1S/C15H16N2O2/c1-10-2-3-11(7-13(10)16)6-12-4-5-15(19-9-18)14(17)8-12/h2-5,7-9H,6,16-17H2,1H3. The van der Waals surface area contributed by atoms with Gasteiger partial charge in [-0.1, -0.05) is 18.2 Å². The van der Waals surface area contributed by atoms with E-state index >= 15 is 0 Å². The van der Waals surface area contributed by atoms with Gasteiger partial charge in [-0.05, 0) is 48.2 Å². The lowest BCUT2D eigenvalue weighted by Crippen LogP contribution is -1.98. The Bertz CT molecular complexity index is 609. The molecule has 19 heavy (non-hydrogen) atoms. The quantitative estimate of drug-likeness (QED) is 0.649. The molecule has 0 saturated heterocycles. The lowest BCUT2D eigenvalue weighted by molar-refractivity contribution is -0.120. The predicted molar refractivity (Wildman–Crippen MR) is 75.9 cm³/mol. The molecule has 2 aromatic rings. The number of nitrogen functional groups attached to an aromatic ring is 2. The second-order valence-corrected chi connectivity index (χ2v) is 4.45. The molecule has 0 fully saturated rings. The van der Waals surface area contributed by atoms with Gasteiger partial charge in [-0.25, -0.2) is 0 Å². The largest absolute Gasteiger partial charge is 0.427 e. The third-order valence-corrected chi connectivity index (χ3v) is 3.00. The summed E-state index contributed by atoms with van der Waals surface area (Å²) in [6.45, 7) is 2.34. The second kappa shape index (κ2) is 5.44. The fraction of sp³-hybridized carbons (Fsp3) is 0.133. The molecule has 0 heterocycles. The number of hydrogen-bond donors (Lipinski definition) is 2. The van der Waals surface area contributed by atoms with Gasteiger partial charge in [-0.15, -0.1) is 0 Å². The van der Waals surface area contributed by atoms with Crippen molar-refractivity contribution in [3.63, 3.8) is 0 Å². The lowest BCUT2D eigenvalue weighted by Gasteiger charge is -2.08. The first-order valence-corrected chi connectivity index (χ1v) is 5.94. The SMILES string of the molecule is Cc1ccc(Cc2ccc(OC=O)c(N)c2)cc1N. The monoisotopic (exact) mass is 256 g/mol. The molecule has 0 bridgehead atoms. The second-order valence-electron chi connectivity index (χ2n) is 4.45. The van der Waals surface area contributed by atoms with Gasteiger partial charge in [-0.2, -0.15) is 0 Å². The van der Waals surface area contributed by atoms with Gasteiger partial charge in [0.2, 0.25) is 0 Å². The van der Waals surface area contributed by atoms with Crippen LogP contribution in [0.1, 0.15) is 16.7 Å². The molecule has 0 amide bonds. The normalized spacial score (nSPS) is 10.2. The molecule has 0 aliphatic heterocycles. The van der Waals surface area contributed by atoms with E-state index in [9.17, 15) is 4.79 Å². The molecule has 0 aromatic heterocycles. The molecule has 0 saturated carbocycles. The molecule has 0 aliphatic rings. The van der Waals surface area contributed by atoms with Crippen LogP contribution in [-0.4, -0.2) is 6.47 Å². The zero-order valence-electron chi connectivity index (χ0n) is 10.7. The first-order valence-electron chi connectivity index (χ1n) is 5.94. The van der Waals surface area contributed by atoms with Gasteiger partial charge in [0.05, 0.1) is 5.69 Å².